The summed E-state index contributed by atoms with van der Waals surface area (Å²) in [6, 6.07) is 7.93. The first-order valence-electron chi connectivity index (χ1n) is 5.13. The Kier molecular flexibility index (Phi) is 5.39. The fraction of sp³-hybridized carbons (Fsp3) is 0.500. The third-order valence-corrected chi connectivity index (χ3v) is 3.65. The Morgan fingerprint density at radius 2 is 1.75 bits per heavy atom. The lowest BCUT2D eigenvalue weighted by Crippen LogP contribution is -2.45. The lowest BCUT2D eigenvalue weighted by Gasteiger charge is -2.26. The number of methoxy groups -OCH3 is 1. The SMILES string of the molecule is COc1ccc(CNC(C)(CCl)CCl)cc1. The third kappa shape index (κ3) is 3.85. The lowest BCUT2D eigenvalue weighted by atomic mass is 10.1. The van der Waals surface area contributed by atoms with E-state index in [1.165, 1.54) is 5.56 Å². The van der Waals surface area contributed by atoms with E-state index in [9.17, 15) is 0 Å². The largest absolute Gasteiger partial charge is 0.497 e. The fourth-order valence-electron chi connectivity index (χ4n) is 1.19. The van der Waals surface area contributed by atoms with E-state index in [4.69, 9.17) is 27.9 Å². The molecule has 0 aliphatic carbocycles. The molecule has 1 aromatic rings. The van der Waals surface area contributed by atoms with Gasteiger partial charge in [0.1, 0.15) is 5.75 Å². The van der Waals surface area contributed by atoms with Crippen molar-refractivity contribution in [3.8, 4) is 5.75 Å². The van der Waals surface area contributed by atoms with E-state index < -0.39 is 0 Å². The van der Waals surface area contributed by atoms with Gasteiger partial charge in [-0.2, -0.15) is 0 Å². The molecule has 0 aromatic heterocycles. The number of hydrogen-bond donors (Lipinski definition) is 1. The van der Waals surface area contributed by atoms with E-state index in [-0.39, 0.29) is 5.54 Å². The van der Waals surface area contributed by atoms with Gasteiger partial charge >= 0.3 is 0 Å². The summed E-state index contributed by atoms with van der Waals surface area (Å²) in [5.41, 5.74) is 0.963. The van der Waals surface area contributed by atoms with Gasteiger partial charge in [0.15, 0.2) is 0 Å². The molecule has 0 fully saturated rings. The maximum atomic E-state index is 5.86. The van der Waals surface area contributed by atoms with Crippen molar-refractivity contribution in [2.24, 2.45) is 0 Å². The molecule has 4 heteroatoms. The van der Waals surface area contributed by atoms with Crippen LogP contribution in [0.5, 0.6) is 5.75 Å². The Hall–Kier alpha value is -0.440. The van der Waals surface area contributed by atoms with Crippen molar-refractivity contribution in [1.82, 2.24) is 5.32 Å². The van der Waals surface area contributed by atoms with Gasteiger partial charge in [-0.25, -0.2) is 0 Å². The Bertz CT molecular complexity index is 309. The molecule has 0 saturated carbocycles. The molecule has 1 aromatic carbocycles. The molecule has 0 bridgehead atoms. The summed E-state index contributed by atoms with van der Waals surface area (Å²) in [6.45, 7) is 2.76. The summed E-state index contributed by atoms with van der Waals surface area (Å²) in [5.74, 6) is 1.85. The van der Waals surface area contributed by atoms with Crippen LogP contribution in [0.4, 0.5) is 0 Å². The summed E-state index contributed by atoms with van der Waals surface area (Å²) >= 11 is 11.7. The second-order valence-corrected chi connectivity index (χ2v) is 4.56. The molecule has 2 nitrogen and oxygen atoms in total. The number of ether oxygens (including phenoxy) is 1. The minimum absolute atomic E-state index is 0.219. The van der Waals surface area contributed by atoms with Gasteiger partial charge in [-0.05, 0) is 24.6 Å². The number of nitrogens with one attached hydrogen (secondary N) is 1. The number of alkyl halides is 2. The van der Waals surface area contributed by atoms with Gasteiger partial charge in [-0.15, -0.1) is 23.2 Å². The fourth-order valence-corrected chi connectivity index (χ4v) is 1.66. The molecule has 0 heterocycles. The normalized spacial score (nSPS) is 11.5. The quantitative estimate of drug-likeness (QED) is 0.796. The van der Waals surface area contributed by atoms with Gasteiger partial charge in [-0.1, -0.05) is 12.1 Å². The molecule has 0 spiro atoms. The molecule has 1 N–H and O–H groups in total. The Morgan fingerprint density at radius 3 is 2.19 bits per heavy atom. The van der Waals surface area contributed by atoms with Crippen molar-refractivity contribution in [2.45, 2.75) is 19.0 Å². The van der Waals surface area contributed by atoms with Crippen LogP contribution < -0.4 is 10.1 Å². The van der Waals surface area contributed by atoms with Crippen LogP contribution in [0.25, 0.3) is 0 Å². The van der Waals surface area contributed by atoms with Crippen LogP contribution in [-0.4, -0.2) is 24.4 Å². The topological polar surface area (TPSA) is 21.3 Å². The maximum Gasteiger partial charge on any atom is 0.118 e. The molecule has 0 unspecified atom stereocenters. The van der Waals surface area contributed by atoms with Crippen molar-refractivity contribution < 1.29 is 4.74 Å². The predicted octanol–water partition coefficient (Wildman–Crippen LogP) is 3.02. The standard InChI is InChI=1S/C12H17Cl2NO/c1-12(8-13,9-14)15-7-10-3-5-11(16-2)6-4-10/h3-6,15H,7-9H2,1-2H3. The zero-order valence-electron chi connectivity index (χ0n) is 9.59. The van der Waals surface area contributed by atoms with Gasteiger partial charge in [0.25, 0.3) is 0 Å². The van der Waals surface area contributed by atoms with E-state index in [1.54, 1.807) is 7.11 Å². The van der Waals surface area contributed by atoms with Gasteiger partial charge in [0, 0.05) is 23.8 Å². The molecule has 0 atom stereocenters. The highest BCUT2D eigenvalue weighted by Crippen LogP contribution is 2.13. The molecule has 1 rings (SSSR count). The van der Waals surface area contributed by atoms with Crippen LogP contribution >= 0.6 is 23.2 Å². The van der Waals surface area contributed by atoms with Crippen LogP contribution in [0.1, 0.15) is 12.5 Å². The van der Waals surface area contributed by atoms with E-state index in [0.29, 0.717) is 11.8 Å². The lowest BCUT2D eigenvalue weighted by molar-refractivity contribution is 0.413. The molecule has 16 heavy (non-hydrogen) atoms. The first kappa shape index (κ1) is 13.6. The molecule has 90 valence electrons. The molecule has 0 radical (unpaired) electrons. The number of benzene rings is 1. The number of rotatable bonds is 6. The molecular weight excluding hydrogens is 245 g/mol. The number of halogens is 2. The van der Waals surface area contributed by atoms with E-state index in [2.05, 4.69) is 5.32 Å². The van der Waals surface area contributed by atoms with Crippen LogP contribution in [0.2, 0.25) is 0 Å². The van der Waals surface area contributed by atoms with E-state index in [1.807, 2.05) is 31.2 Å². The third-order valence-electron chi connectivity index (χ3n) is 2.47. The second-order valence-electron chi connectivity index (χ2n) is 4.03. The van der Waals surface area contributed by atoms with Crippen LogP contribution in [0, 0.1) is 0 Å². The summed E-state index contributed by atoms with van der Waals surface area (Å²) in [6.07, 6.45) is 0. The highest BCUT2D eigenvalue weighted by Gasteiger charge is 2.20. The highest BCUT2D eigenvalue weighted by molar-refractivity contribution is 6.22. The van der Waals surface area contributed by atoms with Gasteiger partial charge in [0.2, 0.25) is 0 Å². The van der Waals surface area contributed by atoms with Crippen molar-refractivity contribution in [3.63, 3.8) is 0 Å². The van der Waals surface area contributed by atoms with Crippen molar-refractivity contribution in [2.75, 3.05) is 18.9 Å². The molecule has 0 amide bonds. The Balaban J connectivity index is 2.54. The van der Waals surface area contributed by atoms with E-state index >= 15 is 0 Å². The molecule has 0 aliphatic rings. The molecule has 0 saturated heterocycles. The highest BCUT2D eigenvalue weighted by atomic mass is 35.5. The van der Waals surface area contributed by atoms with Gasteiger partial charge in [-0.3, -0.25) is 0 Å². The molecule has 0 aliphatic heterocycles. The summed E-state index contributed by atoms with van der Waals surface area (Å²) in [7, 11) is 1.66. The smallest absolute Gasteiger partial charge is 0.118 e. The summed E-state index contributed by atoms with van der Waals surface area (Å²) in [4.78, 5) is 0. The first-order valence-corrected chi connectivity index (χ1v) is 6.20. The minimum atomic E-state index is -0.219. The molecular formula is C12H17Cl2NO. The van der Waals surface area contributed by atoms with Gasteiger partial charge in [0.05, 0.1) is 7.11 Å². The predicted molar refractivity (Wildman–Crippen MR) is 69.7 cm³/mol. The monoisotopic (exact) mass is 261 g/mol. The van der Waals surface area contributed by atoms with Crippen LogP contribution in [0.3, 0.4) is 0 Å². The maximum absolute atomic E-state index is 5.86. The Labute approximate surface area is 107 Å². The zero-order valence-corrected chi connectivity index (χ0v) is 11.1. The van der Waals surface area contributed by atoms with E-state index in [0.717, 1.165) is 12.3 Å². The summed E-state index contributed by atoms with van der Waals surface area (Å²) in [5, 5.41) is 3.34. The zero-order chi connectivity index (χ0) is 12.0. The van der Waals surface area contributed by atoms with Crippen LogP contribution in [0.15, 0.2) is 24.3 Å². The minimum Gasteiger partial charge on any atom is -0.497 e. The Morgan fingerprint density at radius 1 is 1.19 bits per heavy atom. The average Bonchev–Trinajstić information content (AvgIpc) is 2.36. The van der Waals surface area contributed by atoms with Crippen molar-refractivity contribution in [1.29, 1.82) is 0 Å². The van der Waals surface area contributed by atoms with Crippen LogP contribution in [-0.2, 0) is 6.54 Å². The van der Waals surface area contributed by atoms with Gasteiger partial charge < -0.3 is 10.1 Å². The summed E-state index contributed by atoms with van der Waals surface area (Å²) < 4.78 is 5.09. The number of hydrogen-bond acceptors (Lipinski definition) is 2. The van der Waals surface area contributed by atoms with Crippen molar-refractivity contribution >= 4 is 23.2 Å². The first-order chi connectivity index (χ1) is 7.63. The second kappa shape index (κ2) is 6.33. The van der Waals surface area contributed by atoms with Crippen molar-refractivity contribution in [3.05, 3.63) is 29.8 Å². The average molecular weight is 262 g/mol.